The fraction of sp³-hybridized carbons (Fsp3) is 0.417. The van der Waals surface area contributed by atoms with Gasteiger partial charge in [0.25, 0.3) is 0 Å². The third-order valence-electron chi connectivity index (χ3n) is 3.06. The van der Waals surface area contributed by atoms with Gasteiger partial charge in [0.1, 0.15) is 11.4 Å². The van der Waals surface area contributed by atoms with Crippen molar-refractivity contribution in [1.82, 2.24) is 0 Å². The number of hydrogen-bond donors (Lipinski definition) is 0. The van der Waals surface area contributed by atoms with Crippen LogP contribution in [0.1, 0.15) is 23.2 Å². The van der Waals surface area contributed by atoms with E-state index >= 15 is 0 Å². The van der Waals surface area contributed by atoms with Gasteiger partial charge in [0.05, 0.1) is 25.2 Å². The Bertz CT molecular complexity index is 405. The van der Waals surface area contributed by atoms with Crippen molar-refractivity contribution in [2.75, 3.05) is 13.2 Å². The molecule has 0 amide bonds. The van der Waals surface area contributed by atoms with Crippen LogP contribution in [0, 0.1) is 0 Å². The lowest BCUT2D eigenvalue weighted by Gasteiger charge is -2.33. The van der Waals surface area contributed by atoms with Crippen molar-refractivity contribution in [3.8, 4) is 5.75 Å². The summed E-state index contributed by atoms with van der Waals surface area (Å²) in [4.78, 5) is 11.9. The van der Waals surface area contributed by atoms with Crippen LogP contribution in [0.2, 0.25) is 0 Å². The average molecular weight is 204 g/mol. The molecule has 3 nitrogen and oxygen atoms in total. The van der Waals surface area contributed by atoms with Crippen molar-refractivity contribution < 1.29 is 14.3 Å². The Hall–Kier alpha value is -1.35. The van der Waals surface area contributed by atoms with Crippen LogP contribution in [0.4, 0.5) is 0 Å². The predicted molar refractivity (Wildman–Crippen MR) is 54.2 cm³/mol. The molecular weight excluding hydrogens is 192 g/mol. The van der Waals surface area contributed by atoms with Crippen molar-refractivity contribution in [3.05, 3.63) is 29.8 Å². The van der Waals surface area contributed by atoms with Crippen LogP contribution in [0.15, 0.2) is 24.3 Å². The van der Waals surface area contributed by atoms with E-state index in [0.29, 0.717) is 30.9 Å². The topological polar surface area (TPSA) is 35.5 Å². The first-order chi connectivity index (χ1) is 7.29. The Labute approximate surface area is 88.0 Å². The zero-order valence-corrected chi connectivity index (χ0v) is 8.36. The molecule has 2 heterocycles. The van der Waals surface area contributed by atoms with Crippen molar-refractivity contribution in [3.63, 3.8) is 0 Å². The molecule has 1 atom stereocenters. The van der Waals surface area contributed by atoms with Crippen molar-refractivity contribution in [1.29, 1.82) is 0 Å². The standard InChI is InChI=1S/C12H12O3/c13-10-7-12(5-6-14-8-12)15-11-4-2-1-3-9(10)11/h1-4H,5-8H2/t12-/m1/s1. The number of hydrogen-bond acceptors (Lipinski definition) is 3. The van der Waals surface area contributed by atoms with Crippen LogP contribution in [-0.2, 0) is 4.74 Å². The molecule has 0 saturated carbocycles. The monoisotopic (exact) mass is 204 g/mol. The summed E-state index contributed by atoms with van der Waals surface area (Å²) in [6, 6.07) is 7.43. The third kappa shape index (κ3) is 1.35. The largest absolute Gasteiger partial charge is 0.484 e. The fourth-order valence-corrected chi connectivity index (χ4v) is 2.25. The number of fused-ring (bicyclic) bond motifs is 1. The molecule has 0 N–H and O–H groups in total. The van der Waals surface area contributed by atoms with E-state index in [2.05, 4.69) is 0 Å². The summed E-state index contributed by atoms with van der Waals surface area (Å²) >= 11 is 0. The summed E-state index contributed by atoms with van der Waals surface area (Å²) < 4.78 is 11.2. The lowest BCUT2D eigenvalue weighted by Crippen LogP contribution is -2.42. The molecule has 1 saturated heterocycles. The van der Waals surface area contributed by atoms with Crippen LogP contribution in [0.25, 0.3) is 0 Å². The molecular formula is C12H12O3. The van der Waals surface area contributed by atoms with E-state index in [1.165, 1.54) is 0 Å². The highest BCUT2D eigenvalue weighted by Gasteiger charge is 2.43. The van der Waals surface area contributed by atoms with E-state index < -0.39 is 0 Å². The first-order valence-corrected chi connectivity index (χ1v) is 5.18. The van der Waals surface area contributed by atoms with Crippen LogP contribution < -0.4 is 4.74 Å². The number of benzene rings is 1. The molecule has 3 heteroatoms. The molecule has 0 radical (unpaired) electrons. The Morgan fingerprint density at radius 2 is 2.13 bits per heavy atom. The number of ketones is 1. The maximum atomic E-state index is 11.9. The number of carbonyl (C=O) groups is 1. The zero-order valence-electron chi connectivity index (χ0n) is 8.36. The molecule has 3 rings (SSSR count). The van der Waals surface area contributed by atoms with Gasteiger partial charge in [0.15, 0.2) is 5.78 Å². The second kappa shape index (κ2) is 3.07. The molecule has 15 heavy (non-hydrogen) atoms. The van der Waals surface area contributed by atoms with Gasteiger partial charge in [0.2, 0.25) is 0 Å². The zero-order chi connectivity index (χ0) is 10.3. The van der Waals surface area contributed by atoms with Crippen molar-refractivity contribution in [2.45, 2.75) is 18.4 Å². The van der Waals surface area contributed by atoms with Crippen LogP contribution in [0.5, 0.6) is 5.75 Å². The quantitative estimate of drug-likeness (QED) is 0.646. The molecule has 1 aromatic rings. The molecule has 1 fully saturated rings. The molecule has 2 aliphatic rings. The average Bonchev–Trinajstić information content (AvgIpc) is 2.66. The SMILES string of the molecule is O=C1C[C@@]2(CCOC2)Oc2ccccc21. The van der Waals surface area contributed by atoms with E-state index in [0.717, 1.165) is 6.42 Å². The summed E-state index contributed by atoms with van der Waals surface area (Å²) in [7, 11) is 0. The van der Waals surface area contributed by atoms with Crippen LogP contribution >= 0.6 is 0 Å². The van der Waals surface area contributed by atoms with Crippen LogP contribution in [-0.4, -0.2) is 24.6 Å². The summed E-state index contributed by atoms with van der Waals surface area (Å²) in [6.07, 6.45) is 1.26. The van der Waals surface area contributed by atoms with E-state index in [1.54, 1.807) is 0 Å². The Morgan fingerprint density at radius 3 is 2.93 bits per heavy atom. The number of rotatable bonds is 0. The first-order valence-electron chi connectivity index (χ1n) is 5.18. The van der Waals surface area contributed by atoms with Crippen molar-refractivity contribution in [2.24, 2.45) is 0 Å². The first kappa shape index (κ1) is 8.92. The fourth-order valence-electron chi connectivity index (χ4n) is 2.25. The summed E-state index contributed by atoms with van der Waals surface area (Å²) in [6.45, 7) is 1.22. The van der Waals surface area contributed by atoms with E-state index in [-0.39, 0.29) is 11.4 Å². The summed E-state index contributed by atoms with van der Waals surface area (Å²) in [5.41, 5.74) is 0.320. The number of Topliss-reactive ketones (excluding diaryl/α,β-unsaturated/α-hetero) is 1. The molecule has 1 spiro atoms. The van der Waals surface area contributed by atoms with Crippen LogP contribution in [0.3, 0.4) is 0 Å². The smallest absolute Gasteiger partial charge is 0.170 e. The summed E-state index contributed by atoms with van der Waals surface area (Å²) in [5, 5.41) is 0. The van der Waals surface area contributed by atoms with Gasteiger partial charge in [-0.3, -0.25) is 4.79 Å². The molecule has 0 aromatic heterocycles. The van der Waals surface area contributed by atoms with Gasteiger partial charge >= 0.3 is 0 Å². The maximum absolute atomic E-state index is 11.9. The summed E-state index contributed by atoms with van der Waals surface area (Å²) in [5.74, 6) is 0.876. The lowest BCUT2D eigenvalue weighted by atomic mass is 9.89. The lowest BCUT2D eigenvalue weighted by molar-refractivity contribution is 0.0306. The number of carbonyl (C=O) groups excluding carboxylic acids is 1. The molecule has 78 valence electrons. The highest BCUT2D eigenvalue weighted by Crippen LogP contribution is 2.37. The predicted octanol–water partition coefficient (Wildman–Crippen LogP) is 1.81. The Balaban J connectivity index is 2.02. The van der Waals surface area contributed by atoms with Crippen molar-refractivity contribution >= 4 is 5.78 Å². The van der Waals surface area contributed by atoms with Gasteiger partial charge in [-0.15, -0.1) is 0 Å². The molecule has 0 bridgehead atoms. The normalized spacial score (nSPS) is 28.9. The Kier molecular flexibility index (Phi) is 1.83. The second-order valence-corrected chi connectivity index (χ2v) is 4.18. The highest BCUT2D eigenvalue weighted by molar-refractivity contribution is 6.00. The minimum absolute atomic E-state index is 0.169. The third-order valence-corrected chi connectivity index (χ3v) is 3.06. The molecule has 2 aliphatic heterocycles. The van der Waals surface area contributed by atoms with Gasteiger partial charge in [-0.1, -0.05) is 12.1 Å². The number of ether oxygens (including phenoxy) is 2. The molecule has 0 aliphatic carbocycles. The van der Waals surface area contributed by atoms with E-state index in [1.807, 2.05) is 24.3 Å². The Morgan fingerprint density at radius 1 is 1.27 bits per heavy atom. The van der Waals surface area contributed by atoms with Gasteiger partial charge in [0, 0.05) is 6.42 Å². The highest BCUT2D eigenvalue weighted by atomic mass is 16.6. The van der Waals surface area contributed by atoms with Gasteiger partial charge in [-0.25, -0.2) is 0 Å². The minimum atomic E-state index is -0.383. The van der Waals surface area contributed by atoms with E-state index in [9.17, 15) is 4.79 Å². The molecule has 1 aromatic carbocycles. The second-order valence-electron chi connectivity index (χ2n) is 4.18. The van der Waals surface area contributed by atoms with Gasteiger partial charge in [-0.2, -0.15) is 0 Å². The minimum Gasteiger partial charge on any atom is -0.484 e. The van der Waals surface area contributed by atoms with E-state index in [4.69, 9.17) is 9.47 Å². The van der Waals surface area contributed by atoms with Gasteiger partial charge in [-0.05, 0) is 12.1 Å². The number of para-hydroxylation sites is 1. The maximum Gasteiger partial charge on any atom is 0.170 e. The van der Waals surface area contributed by atoms with Gasteiger partial charge < -0.3 is 9.47 Å². The molecule has 0 unspecified atom stereocenters.